The fourth-order valence-electron chi connectivity index (χ4n) is 3.29. The Bertz CT molecular complexity index is 841. The van der Waals surface area contributed by atoms with Gasteiger partial charge in [0.25, 0.3) is 0 Å². The molecule has 0 saturated heterocycles. The Balaban J connectivity index is 4.34. The molecule has 3 heteroatoms. The van der Waals surface area contributed by atoms with Gasteiger partial charge in [-0.1, -0.05) is 64.8 Å². The highest BCUT2D eigenvalue weighted by Crippen LogP contribution is 2.15. The number of ether oxygens (including phenoxy) is 1. The predicted octanol–water partition coefficient (Wildman–Crippen LogP) is 8.94. The van der Waals surface area contributed by atoms with Crippen LogP contribution < -0.4 is 5.73 Å². The Morgan fingerprint density at radius 1 is 0.735 bits per heavy atom. The first-order valence-corrected chi connectivity index (χ1v) is 12.4. The summed E-state index contributed by atoms with van der Waals surface area (Å²) in [7, 11) is 0. The molecule has 0 unspecified atom stereocenters. The summed E-state index contributed by atoms with van der Waals surface area (Å²) in [6.07, 6.45) is 25.3. The molecule has 0 radical (unpaired) electrons. The van der Waals surface area contributed by atoms with Gasteiger partial charge in [-0.05, 0) is 111 Å². The molecule has 0 spiro atoms. The van der Waals surface area contributed by atoms with Gasteiger partial charge in [0.15, 0.2) is 0 Å². The molecule has 0 bridgehead atoms. The summed E-state index contributed by atoms with van der Waals surface area (Å²) < 4.78 is 5.25. The van der Waals surface area contributed by atoms with Crippen LogP contribution in [0.15, 0.2) is 95.0 Å². The average Bonchev–Trinajstić information content (AvgIpc) is 2.73. The maximum atomic E-state index is 12.0. The molecular formula is C31H47NO2. The second-order valence-corrected chi connectivity index (χ2v) is 9.16. The number of allylic oxidation sites excluding steroid dienone is 12. The Morgan fingerprint density at radius 2 is 1.18 bits per heavy atom. The second-order valence-electron chi connectivity index (χ2n) is 9.16. The largest absolute Gasteiger partial charge is 0.423 e. The van der Waals surface area contributed by atoms with Crippen LogP contribution in [-0.2, 0) is 9.53 Å². The van der Waals surface area contributed by atoms with Gasteiger partial charge in [0.1, 0.15) is 5.76 Å². The molecule has 0 aliphatic heterocycles. The predicted molar refractivity (Wildman–Crippen MR) is 149 cm³/mol. The molecule has 0 heterocycles. The van der Waals surface area contributed by atoms with Gasteiger partial charge in [0.2, 0.25) is 0 Å². The zero-order chi connectivity index (χ0) is 25.8. The van der Waals surface area contributed by atoms with Crippen LogP contribution in [0.25, 0.3) is 0 Å². The molecule has 0 saturated carbocycles. The van der Waals surface area contributed by atoms with Crippen LogP contribution in [0, 0.1) is 0 Å². The highest BCUT2D eigenvalue weighted by atomic mass is 16.5. The molecule has 0 aromatic carbocycles. The van der Waals surface area contributed by atoms with E-state index in [2.05, 4.69) is 65.5 Å². The van der Waals surface area contributed by atoms with Crippen LogP contribution in [0.5, 0.6) is 0 Å². The lowest BCUT2D eigenvalue weighted by Gasteiger charge is -2.04. The molecule has 188 valence electrons. The number of nitrogens with two attached hydrogens (primary N) is 1. The van der Waals surface area contributed by atoms with Crippen LogP contribution in [0.1, 0.15) is 92.9 Å². The fraction of sp³-hybridized carbons (Fsp3) is 0.452. The van der Waals surface area contributed by atoms with E-state index in [1.165, 1.54) is 40.6 Å². The Labute approximate surface area is 209 Å². The second kappa shape index (κ2) is 19.6. The molecule has 0 amide bonds. The molecule has 0 aliphatic carbocycles. The van der Waals surface area contributed by atoms with Crippen molar-refractivity contribution < 1.29 is 9.53 Å². The lowest BCUT2D eigenvalue weighted by molar-refractivity contribution is -0.133. The van der Waals surface area contributed by atoms with E-state index >= 15 is 0 Å². The maximum Gasteiger partial charge on any atom is 0.336 e. The molecule has 0 fully saturated rings. The first kappa shape index (κ1) is 31.2. The van der Waals surface area contributed by atoms with Gasteiger partial charge < -0.3 is 10.5 Å². The minimum absolute atomic E-state index is 0.372. The van der Waals surface area contributed by atoms with Gasteiger partial charge in [0, 0.05) is 6.08 Å². The van der Waals surface area contributed by atoms with E-state index in [0.29, 0.717) is 5.76 Å². The van der Waals surface area contributed by atoms with Gasteiger partial charge in [-0.2, -0.15) is 0 Å². The van der Waals surface area contributed by atoms with E-state index in [4.69, 9.17) is 10.5 Å². The van der Waals surface area contributed by atoms with Crippen molar-refractivity contribution >= 4 is 5.97 Å². The summed E-state index contributed by atoms with van der Waals surface area (Å²) in [4.78, 5) is 12.0. The molecule has 3 nitrogen and oxygen atoms in total. The average molecular weight is 466 g/mol. The van der Waals surface area contributed by atoms with Crippen molar-refractivity contribution in [2.75, 3.05) is 0 Å². The number of hydrogen-bond donors (Lipinski definition) is 1. The molecule has 2 N–H and O–H groups in total. The van der Waals surface area contributed by atoms with Gasteiger partial charge in [-0.25, -0.2) is 4.79 Å². The molecule has 0 aromatic heterocycles. The Morgan fingerprint density at radius 3 is 1.59 bits per heavy atom. The molecular weight excluding hydrogens is 418 g/mol. The van der Waals surface area contributed by atoms with E-state index in [-0.39, 0.29) is 0 Å². The standard InChI is InChI=1S/C31H47NO2/c1-8-13-30(22-23-32)34-31(33)24-29(7)21-12-20-28(6)19-11-18-27(5)17-10-16-26(4)15-9-14-25(2)3/h8,13-14,16,18,20,22-24H,1,9-12,15,17,19,21,32H2,2-7H3/b23-22-,26-16+,27-18+,28-20+,29-24+,30-13+. The lowest BCUT2D eigenvalue weighted by Crippen LogP contribution is -2.01. The summed E-state index contributed by atoms with van der Waals surface area (Å²) in [6, 6.07) is 0. The monoisotopic (exact) mass is 465 g/mol. The third kappa shape index (κ3) is 18.7. The van der Waals surface area contributed by atoms with Crippen molar-refractivity contribution in [2.45, 2.75) is 92.9 Å². The van der Waals surface area contributed by atoms with Gasteiger partial charge >= 0.3 is 5.97 Å². The number of esters is 1. The summed E-state index contributed by atoms with van der Waals surface area (Å²) in [6.45, 7) is 16.5. The lowest BCUT2D eigenvalue weighted by atomic mass is 10.0. The van der Waals surface area contributed by atoms with Crippen molar-refractivity contribution in [3.8, 4) is 0 Å². The van der Waals surface area contributed by atoms with Crippen molar-refractivity contribution in [2.24, 2.45) is 5.73 Å². The molecule has 0 aromatic rings. The first-order valence-electron chi connectivity index (χ1n) is 12.4. The van der Waals surface area contributed by atoms with Crippen molar-refractivity contribution in [1.82, 2.24) is 0 Å². The quantitative estimate of drug-likeness (QED) is 0.0813. The summed E-state index contributed by atoms with van der Waals surface area (Å²) in [5.41, 5.74) is 12.1. The summed E-state index contributed by atoms with van der Waals surface area (Å²) >= 11 is 0. The van der Waals surface area contributed by atoms with Crippen LogP contribution in [0.3, 0.4) is 0 Å². The number of carbonyl (C=O) groups is 1. The minimum atomic E-state index is -0.400. The van der Waals surface area contributed by atoms with Gasteiger partial charge in [-0.15, -0.1) is 0 Å². The molecule has 34 heavy (non-hydrogen) atoms. The number of hydrogen-bond acceptors (Lipinski definition) is 3. The third-order valence-electron chi connectivity index (χ3n) is 5.31. The fourth-order valence-corrected chi connectivity index (χ4v) is 3.29. The SMILES string of the molecule is C=C/C=C(\C=C/N)OC(=O)/C=C(\C)CC/C=C(\C)CC/C=C(\C)CC/C=C(\C)CCC=C(C)C. The highest BCUT2D eigenvalue weighted by molar-refractivity contribution is 5.83. The summed E-state index contributed by atoms with van der Waals surface area (Å²) in [5.74, 6) is -0.0285. The van der Waals surface area contributed by atoms with Gasteiger partial charge in [0.05, 0.1) is 0 Å². The van der Waals surface area contributed by atoms with Crippen molar-refractivity contribution in [1.29, 1.82) is 0 Å². The maximum absolute atomic E-state index is 12.0. The molecule has 0 aliphatic rings. The van der Waals surface area contributed by atoms with Crippen molar-refractivity contribution in [3.63, 3.8) is 0 Å². The van der Waals surface area contributed by atoms with E-state index in [1.54, 1.807) is 12.2 Å². The van der Waals surface area contributed by atoms with E-state index in [1.807, 2.05) is 6.92 Å². The minimum Gasteiger partial charge on any atom is -0.423 e. The first-order chi connectivity index (χ1) is 16.2. The molecule has 0 rings (SSSR count). The zero-order valence-electron chi connectivity index (χ0n) is 22.5. The Kier molecular flexibility index (Phi) is 18.0. The van der Waals surface area contributed by atoms with Gasteiger partial charge in [-0.3, -0.25) is 0 Å². The number of rotatable bonds is 16. The topological polar surface area (TPSA) is 52.3 Å². The van der Waals surface area contributed by atoms with Crippen molar-refractivity contribution in [3.05, 3.63) is 95.0 Å². The smallest absolute Gasteiger partial charge is 0.336 e. The van der Waals surface area contributed by atoms with E-state index < -0.39 is 5.97 Å². The van der Waals surface area contributed by atoms with E-state index in [0.717, 1.165) is 56.9 Å². The zero-order valence-corrected chi connectivity index (χ0v) is 22.5. The third-order valence-corrected chi connectivity index (χ3v) is 5.31. The molecule has 0 atom stereocenters. The van der Waals surface area contributed by atoms with Crippen LogP contribution >= 0.6 is 0 Å². The number of carbonyl (C=O) groups excluding carboxylic acids is 1. The van der Waals surface area contributed by atoms with Crippen LogP contribution in [-0.4, -0.2) is 5.97 Å². The van der Waals surface area contributed by atoms with Crippen LogP contribution in [0.4, 0.5) is 0 Å². The normalized spacial score (nSPS) is 13.9. The van der Waals surface area contributed by atoms with Crippen LogP contribution in [0.2, 0.25) is 0 Å². The Hall–Kier alpha value is -2.81. The van der Waals surface area contributed by atoms with E-state index in [9.17, 15) is 4.79 Å². The summed E-state index contributed by atoms with van der Waals surface area (Å²) in [5, 5.41) is 0. The highest BCUT2D eigenvalue weighted by Gasteiger charge is 2.02.